The van der Waals surface area contributed by atoms with Crippen molar-refractivity contribution in [3.63, 3.8) is 0 Å². The molecule has 11 heteroatoms. The average Bonchev–Trinajstić information content (AvgIpc) is 3.10. The predicted octanol–water partition coefficient (Wildman–Crippen LogP) is 3.91. The molecule has 0 aliphatic rings. The van der Waals surface area contributed by atoms with E-state index in [1.54, 1.807) is 19.9 Å². The van der Waals surface area contributed by atoms with Crippen molar-refractivity contribution < 1.29 is 18.6 Å². The number of hydrogen-bond donors (Lipinski definition) is 1. The van der Waals surface area contributed by atoms with Crippen molar-refractivity contribution in [1.29, 1.82) is 0 Å². The molecule has 0 aliphatic heterocycles. The van der Waals surface area contributed by atoms with Crippen LogP contribution in [0.25, 0.3) is 0 Å². The molecule has 3 aromatic rings. The van der Waals surface area contributed by atoms with Crippen LogP contribution in [-0.4, -0.2) is 25.8 Å². The molecule has 0 saturated heterocycles. The number of amides is 1. The Balaban J connectivity index is 1.91. The highest BCUT2D eigenvalue weighted by atomic mass is 79.9. The monoisotopic (exact) mass is 451 g/mol. The third-order valence-corrected chi connectivity index (χ3v) is 4.71. The molecule has 2 heterocycles. The minimum absolute atomic E-state index is 0.0124. The van der Waals surface area contributed by atoms with E-state index in [4.69, 9.17) is 4.52 Å². The largest absolute Gasteiger partial charge is 0.361 e. The van der Waals surface area contributed by atoms with Gasteiger partial charge in [0.15, 0.2) is 5.69 Å². The maximum Gasteiger partial charge on any atom is 0.312 e. The molecule has 2 aromatic heterocycles. The number of anilines is 1. The van der Waals surface area contributed by atoms with E-state index in [0.29, 0.717) is 21.5 Å². The topological polar surface area (TPSA) is 116 Å². The number of aryl methyl sites for hydroxylation is 2. The number of hydrogen-bond acceptors (Lipinski definition) is 6. The Bertz CT molecular complexity index is 1090. The lowest BCUT2D eigenvalue weighted by molar-refractivity contribution is -0.386. The summed E-state index contributed by atoms with van der Waals surface area (Å²) in [5, 5.41) is 21.5. The molecule has 1 aromatic carbocycles. The third-order valence-electron chi connectivity index (χ3n) is 4.21. The molecule has 0 spiro atoms. The van der Waals surface area contributed by atoms with Crippen molar-refractivity contribution in [2.75, 3.05) is 5.32 Å². The number of halogens is 2. The molecule has 9 nitrogen and oxygen atoms in total. The van der Waals surface area contributed by atoms with Crippen LogP contribution in [0.4, 0.5) is 15.8 Å². The number of rotatable bonds is 5. The minimum Gasteiger partial charge on any atom is -0.361 e. The predicted molar refractivity (Wildman–Crippen MR) is 101 cm³/mol. The molecular weight excluding hydrogens is 437 g/mol. The number of benzene rings is 1. The van der Waals surface area contributed by atoms with Gasteiger partial charge in [-0.2, -0.15) is 5.10 Å². The fourth-order valence-electron chi connectivity index (χ4n) is 2.78. The SMILES string of the molecule is Cc1nn(Cc2c(C(=O)Nc3ccc(Br)cc3F)noc2C)c(C)c1[N+](=O)[O-]. The molecular formula is C17H15BrFN5O4. The average molecular weight is 452 g/mol. The van der Waals surface area contributed by atoms with E-state index in [1.165, 1.54) is 23.7 Å². The quantitative estimate of drug-likeness (QED) is 0.464. The maximum absolute atomic E-state index is 14.0. The first-order valence-corrected chi connectivity index (χ1v) is 8.88. The van der Waals surface area contributed by atoms with Crippen molar-refractivity contribution in [3.8, 4) is 0 Å². The lowest BCUT2D eigenvalue weighted by Gasteiger charge is -2.07. The van der Waals surface area contributed by atoms with E-state index in [-0.39, 0.29) is 29.3 Å². The number of nitro groups is 1. The van der Waals surface area contributed by atoms with Crippen LogP contribution >= 0.6 is 15.9 Å². The van der Waals surface area contributed by atoms with E-state index in [9.17, 15) is 19.3 Å². The molecule has 1 amide bonds. The number of nitrogens with zero attached hydrogens (tertiary/aromatic N) is 4. The Morgan fingerprint density at radius 2 is 2.11 bits per heavy atom. The zero-order valence-electron chi connectivity index (χ0n) is 15.1. The fourth-order valence-corrected chi connectivity index (χ4v) is 3.12. The maximum atomic E-state index is 14.0. The molecule has 0 saturated carbocycles. The van der Waals surface area contributed by atoms with Gasteiger partial charge in [0.2, 0.25) is 0 Å². The van der Waals surface area contributed by atoms with Crippen LogP contribution in [0, 0.1) is 36.7 Å². The molecule has 0 fully saturated rings. The van der Waals surface area contributed by atoms with Gasteiger partial charge >= 0.3 is 5.69 Å². The van der Waals surface area contributed by atoms with Gasteiger partial charge in [0.1, 0.15) is 23.0 Å². The number of aromatic nitrogens is 3. The van der Waals surface area contributed by atoms with Crippen LogP contribution in [0.15, 0.2) is 27.2 Å². The van der Waals surface area contributed by atoms with Crippen LogP contribution in [-0.2, 0) is 6.54 Å². The van der Waals surface area contributed by atoms with E-state index >= 15 is 0 Å². The van der Waals surface area contributed by atoms with Gasteiger partial charge in [-0.05, 0) is 39.0 Å². The van der Waals surface area contributed by atoms with Gasteiger partial charge in [0, 0.05) is 10.0 Å². The summed E-state index contributed by atoms with van der Waals surface area (Å²) in [5.41, 5.74) is 0.858. The zero-order chi connectivity index (χ0) is 20.6. The lowest BCUT2D eigenvalue weighted by Crippen LogP contribution is -2.17. The molecule has 1 N–H and O–H groups in total. The highest BCUT2D eigenvalue weighted by Crippen LogP contribution is 2.25. The van der Waals surface area contributed by atoms with Crippen molar-refractivity contribution in [2.24, 2.45) is 0 Å². The molecule has 0 bridgehead atoms. The lowest BCUT2D eigenvalue weighted by atomic mass is 10.1. The Hall–Kier alpha value is -3.08. The van der Waals surface area contributed by atoms with Crippen molar-refractivity contribution in [3.05, 3.63) is 67.0 Å². The second-order valence-electron chi connectivity index (χ2n) is 6.08. The molecule has 28 heavy (non-hydrogen) atoms. The van der Waals surface area contributed by atoms with Gasteiger partial charge in [0.05, 0.1) is 17.2 Å². The summed E-state index contributed by atoms with van der Waals surface area (Å²) in [5.74, 6) is -0.917. The molecule has 0 aliphatic carbocycles. The minimum atomic E-state index is -0.663. The van der Waals surface area contributed by atoms with Crippen LogP contribution < -0.4 is 5.32 Å². The molecule has 0 unspecified atom stereocenters. The highest BCUT2D eigenvalue weighted by molar-refractivity contribution is 9.10. The smallest absolute Gasteiger partial charge is 0.312 e. The van der Waals surface area contributed by atoms with E-state index in [2.05, 4.69) is 31.5 Å². The van der Waals surface area contributed by atoms with Gasteiger partial charge in [-0.15, -0.1) is 0 Å². The second-order valence-corrected chi connectivity index (χ2v) is 6.99. The van der Waals surface area contributed by atoms with Crippen LogP contribution in [0.5, 0.6) is 0 Å². The summed E-state index contributed by atoms with van der Waals surface area (Å²) >= 11 is 3.15. The Morgan fingerprint density at radius 3 is 2.71 bits per heavy atom. The summed E-state index contributed by atoms with van der Waals surface area (Å²) in [6.07, 6.45) is 0. The summed E-state index contributed by atoms with van der Waals surface area (Å²) in [4.78, 5) is 23.3. The highest BCUT2D eigenvalue weighted by Gasteiger charge is 2.26. The fraction of sp³-hybridized carbons (Fsp3) is 0.235. The first-order valence-electron chi connectivity index (χ1n) is 8.09. The van der Waals surface area contributed by atoms with Gasteiger partial charge in [0.25, 0.3) is 5.91 Å². The number of nitrogens with one attached hydrogen (secondary N) is 1. The standard InChI is InChI=1S/C17H15BrFN5O4/c1-8-16(24(26)27)9(2)23(21-8)7-12-10(3)28-22-15(12)17(25)20-14-5-4-11(18)6-13(14)19/h4-6H,7H2,1-3H3,(H,20,25). The van der Waals surface area contributed by atoms with Gasteiger partial charge in [-0.25, -0.2) is 4.39 Å². The third kappa shape index (κ3) is 3.65. The summed E-state index contributed by atoms with van der Waals surface area (Å²) in [6, 6.07) is 4.22. The molecule has 0 atom stereocenters. The van der Waals surface area contributed by atoms with Crippen LogP contribution in [0.2, 0.25) is 0 Å². The van der Waals surface area contributed by atoms with E-state index in [0.717, 1.165) is 0 Å². The first-order chi connectivity index (χ1) is 13.2. The Kier molecular flexibility index (Phi) is 5.27. The van der Waals surface area contributed by atoms with Crippen molar-refractivity contribution in [1.82, 2.24) is 14.9 Å². The Morgan fingerprint density at radius 1 is 1.39 bits per heavy atom. The number of carbonyl (C=O) groups excluding carboxylic acids is 1. The van der Waals surface area contributed by atoms with Gasteiger partial charge in [-0.1, -0.05) is 21.1 Å². The van der Waals surface area contributed by atoms with Crippen molar-refractivity contribution in [2.45, 2.75) is 27.3 Å². The number of carbonyl (C=O) groups is 1. The second kappa shape index (κ2) is 7.50. The summed E-state index contributed by atoms with van der Waals surface area (Å²) in [7, 11) is 0. The first kappa shape index (κ1) is 19.7. The molecule has 146 valence electrons. The van der Waals surface area contributed by atoms with E-state index < -0.39 is 16.6 Å². The molecule has 0 radical (unpaired) electrons. The van der Waals surface area contributed by atoms with Gasteiger partial charge in [-0.3, -0.25) is 19.6 Å². The summed E-state index contributed by atoms with van der Waals surface area (Å²) < 4.78 is 21.0. The van der Waals surface area contributed by atoms with Crippen LogP contribution in [0.1, 0.15) is 33.2 Å². The van der Waals surface area contributed by atoms with Crippen molar-refractivity contribution >= 4 is 33.2 Å². The zero-order valence-corrected chi connectivity index (χ0v) is 16.7. The van der Waals surface area contributed by atoms with Gasteiger partial charge < -0.3 is 9.84 Å². The van der Waals surface area contributed by atoms with Crippen LogP contribution in [0.3, 0.4) is 0 Å². The van der Waals surface area contributed by atoms with E-state index in [1.807, 2.05) is 0 Å². The Labute approximate surface area is 166 Å². The summed E-state index contributed by atoms with van der Waals surface area (Å²) in [6.45, 7) is 4.75. The normalized spacial score (nSPS) is 10.9. The molecule has 3 rings (SSSR count).